The molecule has 0 spiro atoms. The minimum Gasteiger partial charge on any atom is -0.444 e. The Morgan fingerprint density at radius 1 is 1.48 bits per heavy atom. The van der Waals surface area contributed by atoms with E-state index in [1.165, 1.54) is 0 Å². The lowest BCUT2D eigenvalue weighted by Crippen LogP contribution is -2.36. The number of halogens is 1. The summed E-state index contributed by atoms with van der Waals surface area (Å²) in [5.41, 5.74) is 1.18. The minimum atomic E-state index is -0.574. The summed E-state index contributed by atoms with van der Waals surface area (Å²) in [6.07, 6.45) is 1.24. The molecule has 6 heteroatoms. The fourth-order valence-electron chi connectivity index (χ4n) is 2.08. The van der Waals surface area contributed by atoms with E-state index in [0.29, 0.717) is 0 Å². The van der Waals surface area contributed by atoms with E-state index in [2.05, 4.69) is 26.2 Å². The van der Waals surface area contributed by atoms with Crippen LogP contribution in [0, 0.1) is 0 Å². The average molecular weight is 355 g/mol. The SMILES string of the molecule is CC(C)(C)OC(=O)N[C@H](CO)c1c[nH]c2cc(Br)ccc12. The number of rotatable bonds is 3. The summed E-state index contributed by atoms with van der Waals surface area (Å²) < 4.78 is 6.18. The number of alkyl carbamates (subject to hydrolysis) is 1. The van der Waals surface area contributed by atoms with Gasteiger partial charge in [0.05, 0.1) is 12.6 Å². The van der Waals surface area contributed by atoms with Gasteiger partial charge in [0.2, 0.25) is 0 Å². The highest BCUT2D eigenvalue weighted by Crippen LogP contribution is 2.26. The average Bonchev–Trinajstić information content (AvgIpc) is 2.76. The molecule has 1 heterocycles. The Labute approximate surface area is 131 Å². The van der Waals surface area contributed by atoms with Crippen molar-refractivity contribution < 1.29 is 14.6 Å². The number of ether oxygens (including phenoxy) is 1. The molecule has 0 saturated carbocycles. The lowest BCUT2D eigenvalue weighted by Gasteiger charge is -2.22. The Balaban J connectivity index is 2.22. The molecule has 0 aliphatic carbocycles. The Hall–Kier alpha value is -1.53. The zero-order valence-corrected chi connectivity index (χ0v) is 13.8. The van der Waals surface area contributed by atoms with Gasteiger partial charge in [0.15, 0.2) is 0 Å². The van der Waals surface area contributed by atoms with E-state index in [1.807, 2.05) is 18.2 Å². The van der Waals surface area contributed by atoms with Gasteiger partial charge in [0.1, 0.15) is 5.60 Å². The number of fused-ring (bicyclic) bond motifs is 1. The maximum Gasteiger partial charge on any atom is 0.408 e. The fourth-order valence-corrected chi connectivity index (χ4v) is 2.44. The first-order valence-corrected chi connectivity index (χ1v) is 7.46. The van der Waals surface area contributed by atoms with Crippen molar-refractivity contribution in [3.63, 3.8) is 0 Å². The molecule has 1 aromatic heterocycles. The van der Waals surface area contributed by atoms with Gasteiger partial charge in [0.25, 0.3) is 0 Å². The number of hydrogen-bond donors (Lipinski definition) is 3. The van der Waals surface area contributed by atoms with Gasteiger partial charge in [-0.05, 0) is 32.9 Å². The number of benzene rings is 1. The number of aromatic nitrogens is 1. The fraction of sp³-hybridized carbons (Fsp3) is 0.400. The van der Waals surface area contributed by atoms with E-state index < -0.39 is 17.7 Å². The standard InChI is InChI=1S/C15H19BrN2O3/c1-15(2,3)21-14(20)18-13(8-19)11-7-17-12-6-9(16)4-5-10(11)12/h4-7,13,17,19H,8H2,1-3H3,(H,18,20)/t13-/m1/s1. The van der Waals surface area contributed by atoms with Crippen LogP contribution in [0.3, 0.4) is 0 Å². The number of carbonyl (C=O) groups is 1. The second-order valence-corrected chi connectivity index (χ2v) is 6.73. The highest BCUT2D eigenvalue weighted by Gasteiger charge is 2.21. The normalized spacial score (nSPS) is 13.2. The third-order valence-corrected chi connectivity index (χ3v) is 3.42. The first kappa shape index (κ1) is 15.9. The van der Waals surface area contributed by atoms with Crippen LogP contribution in [-0.4, -0.2) is 28.4 Å². The lowest BCUT2D eigenvalue weighted by atomic mass is 10.1. The summed E-state index contributed by atoms with van der Waals surface area (Å²) in [6.45, 7) is 5.18. The zero-order valence-electron chi connectivity index (χ0n) is 12.2. The van der Waals surface area contributed by atoms with Gasteiger partial charge in [-0.3, -0.25) is 0 Å². The summed E-state index contributed by atoms with van der Waals surface area (Å²) >= 11 is 3.41. The predicted octanol–water partition coefficient (Wildman–Crippen LogP) is 3.49. The second kappa shape index (κ2) is 6.07. The van der Waals surface area contributed by atoms with E-state index in [1.54, 1.807) is 27.0 Å². The van der Waals surface area contributed by atoms with Crippen molar-refractivity contribution in [3.8, 4) is 0 Å². The number of aromatic amines is 1. The molecule has 0 aliphatic heterocycles. The molecular weight excluding hydrogens is 336 g/mol. The van der Waals surface area contributed by atoms with Crippen LogP contribution in [0.4, 0.5) is 4.79 Å². The quantitative estimate of drug-likeness (QED) is 0.789. The number of aliphatic hydroxyl groups excluding tert-OH is 1. The van der Waals surface area contributed by atoms with Gasteiger partial charge in [-0.15, -0.1) is 0 Å². The molecule has 114 valence electrons. The third kappa shape index (κ3) is 3.98. The molecule has 1 aromatic carbocycles. The summed E-state index contributed by atoms with van der Waals surface area (Å²) in [4.78, 5) is 15.0. The van der Waals surface area contributed by atoms with Crippen LogP contribution >= 0.6 is 15.9 Å². The van der Waals surface area contributed by atoms with Gasteiger partial charge >= 0.3 is 6.09 Å². The summed E-state index contributed by atoms with van der Waals surface area (Å²) in [7, 11) is 0. The van der Waals surface area contributed by atoms with Crippen LogP contribution < -0.4 is 5.32 Å². The van der Waals surface area contributed by atoms with E-state index >= 15 is 0 Å². The number of carbonyl (C=O) groups excluding carboxylic acids is 1. The molecule has 0 bridgehead atoms. The molecule has 0 aliphatic rings. The molecule has 1 amide bonds. The first-order valence-electron chi connectivity index (χ1n) is 6.67. The Morgan fingerprint density at radius 2 is 2.19 bits per heavy atom. The molecule has 0 fully saturated rings. The van der Waals surface area contributed by atoms with Gasteiger partial charge in [-0.2, -0.15) is 0 Å². The summed E-state index contributed by atoms with van der Waals surface area (Å²) in [5.74, 6) is 0. The third-order valence-electron chi connectivity index (χ3n) is 2.92. The molecule has 2 rings (SSSR count). The van der Waals surface area contributed by atoms with E-state index in [9.17, 15) is 9.90 Å². The van der Waals surface area contributed by atoms with Gasteiger partial charge in [-0.25, -0.2) is 4.79 Å². The molecule has 2 aromatic rings. The lowest BCUT2D eigenvalue weighted by molar-refractivity contribution is 0.0482. The van der Waals surface area contributed by atoms with Crippen LogP contribution in [0.1, 0.15) is 32.4 Å². The molecule has 0 saturated heterocycles. The van der Waals surface area contributed by atoms with Crippen molar-refractivity contribution in [2.45, 2.75) is 32.4 Å². The summed E-state index contributed by atoms with van der Waals surface area (Å²) in [6, 6.07) is 5.28. The van der Waals surface area contributed by atoms with Crippen molar-refractivity contribution in [2.75, 3.05) is 6.61 Å². The van der Waals surface area contributed by atoms with Crippen molar-refractivity contribution in [2.24, 2.45) is 0 Å². The van der Waals surface area contributed by atoms with Crippen molar-refractivity contribution in [3.05, 3.63) is 34.4 Å². The number of H-pyrrole nitrogens is 1. The molecule has 0 radical (unpaired) electrons. The molecule has 1 atom stereocenters. The van der Waals surface area contributed by atoms with E-state index in [-0.39, 0.29) is 6.61 Å². The zero-order chi connectivity index (χ0) is 15.6. The van der Waals surface area contributed by atoms with Crippen LogP contribution in [0.25, 0.3) is 10.9 Å². The highest BCUT2D eigenvalue weighted by atomic mass is 79.9. The highest BCUT2D eigenvalue weighted by molar-refractivity contribution is 9.10. The number of nitrogens with one attached hydrogen (secondary N) is 2. The van der Waals surface area contributed by atoms with E-state index in [0.717, 1.165) is 20.9 Å². The minimum absolute atomic E-state index is 0.206. The molecular formula is C15H19BrN2O3. The topological polar surface area (TPSA) is 74.3 Å². The molecule has 5 nitrogen and oxygen atoms in total. The Kier molecular flexibility index (Phi) is 4.58. The van der Waals surface area contributed by atoms with Crippen LogP contribution in [0.2, 0.25) is 0 Å². The van der Waals surface area contributed by atoms with Gasteiger partial charge in [-0.1, -0.05) is 22.0 Å². The maximum absolute atomic E-state index is 11.9. The summed E-state index contributed by atoms with van der Waals surface area (Å²) in [5, 5.41) is 13.2. The molecule has 0 unspecified atom stereocenters. The Bertz CT molecular complexity index is 646. The number of hydrogen-bond acceptors (Lipinski definition) is 3. The Morgan fingerprint density at radius 3 is 2.81 bits per heavy atom. The largest absolute Gasteiger partial charge is 0.444 e. The first-order chi connectivity index (χ1) is 9.80. The van der Waals surface area contributed by atoms with Crippen LogP contribution in [-0.2, 0) is 4.74 Å². The van der Waals surface area contributed by atoms with Crippen molar-refractivity contribution in [1.29, 1.82) is 0 Å². The molecule has 21 heavy (non-hydrogen) atoms. The van der Waals surface area contributed by atoms with Crippen LogP contribution in [0.15, 0.2) is 28.9 Å². The van der Waals surface area contributed by atoms with Gasteiger partial charge in [0, 0.05) is 27.1 Å². The maximum atomic E-state index is 11.9. The molecule has 3 N–H and O–H groups in total. The number of aliphatic hydroxyl groups is 1. The van der Waals surface area contributed by atoms with Crippen molar-refractivity contribution >= 4 is 32.9 Å². The van der Waals surface area contributed by atoms with Crippen molar-refractivity contribution in [1.82, 2.24) is 10.3 Å². The number of amides is 1. The van der Waals surface area contributed by atoms with Crippen LogP contribution in [0.5, 0.6) is 0 Å². The predicted molar refractivity (Wildman–Crippen MR) is 85.2 cm³/mol. The van der Waals surface area contributed by atoms with Gasteiger partial charge < -0.3 is 20.1 Å². The second-order valence-electron chi connectivity index (χ2n) is 5.82. The monoisotopic (exact) mass is 354 g/mol. The van der Waals surface area contributed by atoms with E-state index in [4.69, 9.17) is 4.74 Å². The smallest absolute Gasteiger partial charge is 0.408 e.